The molecule has 98 valence electrons. The molecule has 6 nitrogen and oxygen atoms in total. The molecule has 1 aliphatic heterocycles. The smallest absolute Gasteiger partial charge is 0.257 e. The average Bonchev–Trinajstić information content (AvgIpc) is 2.88. The SMILES string of the molecule is Cn1cnnc1Sc1cc2c(cc1F)C(O)C(=O)N2. The highest BCUT2D eigenvalue weighted by Gasteiger charge is 2.30. The molecule has 8 heteroatoms. The molecule has 1 amide bonds. The number of aliphatic hydroxyl groups excluding tert-OH is 1. The summed E-state index contributed by atoms with van der Waals surface area (Å²) in [5.74, 6) is -1.06. The first-order valence-electron chi connectivity index (χ1n) is 5.40. The molecule has 1 unspecified atom stereocenters. The molecule has 3 rings (SSSR count). The molecule has 1 aromatic heterocycles. The number of anilines is 1. The number of nitrogens with zero attached hydrogens (tertiary/aromatic N) is 3. The Morgan fingerprint density at radius 3 is 3.00 bits per heavy atom. The third-order valence-electron chi connectivity index (χ3n) is 2.78. The summed E-state index contributed by atoms with van der Waals surface area (Å²) in [6.07, 6.45) is 0.206. The molecule has 0 aliphatic carbocycles. The van der Waals surface area contributed by atoms with Gasteiger partial charge in [-0.2, -0.15) is 0 Å². The predicted octanol–water partition coefficient (Wildman–Crippen LogP) is 1.09. The third-order valence-corrected chi connectivity index (χ3v) is 3.86. The normalized spacial score (nSPS) is 17.4. The lowest BCUT2D eigenvalue weighted by Crippen LogP contribution is -2.10. The van der Waals surface area contributed by atoms with Gasteiger partial charge in [0.1, 0.15) is 12.1 Å². The van der Waals surface area contributed by atoms with Crippen LogP contribution in [0.2, 0.25) is 0 Å². The highest BCUT2D eigenvalue weighted by Crippen LogP contribution is 2.37. The monoisotopic (exact) mass is 280 g/mol. The number of benzene rings is 1. The van der Waals surface area contributed by atoms with Crippen molar-refractivity contribution in [3.8, 4) is 0 Å². The van der Waals surface area contributed by atoms with Crippen molar-refractivity contribution in [3.05, 3.63) is 29.8 Å². The maximum atomic E-state index is 13.9. The molecule has 1 atom stereocenters. The first kappa shape index (κ1) is 12.1. The number of aryl methyl sites for hydroxylation is 1. The molecule has 0 bridgehead atoms. The first-order chi connectivity index (χ1) is 9.06. The van der Waals surface area contributed by atoms with Gasteiger partial charge in [-0.3, -0.25) is 4.79 Å². The summed E-state index contributed by atoms with van der Waals surface area (Å²) in [5, 5.41) is 20.1. The second-order valence-corrected chi connectivity index (χ2v) is 5.10. The van der Waals surface area contributed by atoms with Gasteiger partial charge in [0.05, 0.1) is 4.90 Å². The van der Waals surface area contributed by atoms with Gasteiger partial charge in [-0.1, -0.05) is 0 Å². The molecule has 1 aromatic carbocycles. The number of fused-ring (bicyclic) bond motifs is 1. The van der Waals surface area contributed by atoms with Gasteiger partial charge in [0.2, 0.25) is 0 Å². The van der Waals surface area contributed by atoms with Crippen LogP contribution >= 0.6 is 11.8 Å². The molecule has 0 saturated heterocycles. The fourth-order valence-electron chi connectivity index (χ4n) is 1.79. The molecule has 0 spiro atoms. The number of carbonyl (C=O) groups excluding carboxylic acids is 1. The van der Waals surface area contributed by atoms with Crippen molar-refractivity contribution in [2.45, 2.75) is 16.2 Å². The van der Waals surface area contributed by atoms with Gasteiger partial charge in [0, 0.05) is 18.3 Å². The zero-order valence-corrected chi connectivity index (χ0v) is 10.6. The summed E-state index contributed by atoms with van der Waals surface area (Å²) in [6.45, 7) is 0. The van der Waals surface area contributed by atoms with Crippen LogP contribution in [0.25, 0.3) is 0 Å². The topological polar surface area (TPSA) is 80.0 Å². The number of aromatic nitrogens is 3. The van der Waals surface area contributed by atoms with Crippen molar-refractivity contribution in [3.63, 3.8) is 0 Å². The van der Waals surface area contributed by atoms with Gasteiger partial charge in [0.25, 0.3) is 5.91 Å². The zero-order valence-electron chi connectivity index (χ0n) is 9.79. The van der Waals surface area contributed by atoms with E-state index in [-0.39, 0.29) is 5.56 Å². The summed E-state index contributed by atoms with van der Waals surface area (Å²) in [6, 6.07) is 2.65. The van der Waals surface area contributed by atoms with Crippen molar-refractivity contribution in [1.29, 1.82) is 0 Å². The third kappa shape index (κ3) is 1.98. The number of nitrogens with one attached hydrogen (secondary N) is 1. The van der Waals surface area contributed by atoms with Gasteiger partial charge < -0.3 is 15.0 Å². The zero-order chi connectivity index (χ0) is 13.6. The van der Waals surface area contributed by atoms with Crippen LogP contribution in [0.5, 0.6) is 0 Å². The molecule has 2 aromatic rings. The number of halogens is 1. The Balaban J connectivity index is 1.99. The lowest BCUT2D eigenvalue weighted by atomic mass is 10.1. The Bertz CT molecular complexity index is 673. The number of aliphatic hydroxyl groups is 1. The maximum Gasteiger partial charge on any atom is 0.257 e. The maximum absolute atomic E-state index is 13.9. The number of rotatable bonds is 2. The van der Waals surface area contributed by atoms with E-state index in [1.54, 1.807) is 11.6 Å². The Hall–Kier alpha value is -1.93. The van der Waals surface area contributed by atoms with E-state index in [9.17, 15) is 14.3 Å². The minimum Gasteiger partial charge on any atom is -0.378 e. The molecular weight excluding hydrogens is 271 g/mol. The van der Waals surface area contributed by atoms with Crippen LogP contribution in [0.15, 0.2) is 28.5 Å². The molecule has 2 heterocycles. The van der Waals surface area contributed by atoms with Crippen LogP contribution < -0.4 is 5.32 Å². The minimum atomic E-state index is -1.31. The number of hydrogen-bond donors (Lipinski definition) is 2. The molecular formula is C11H9FN4O2S. The molecule has 0 radical (unpaired) electrons. The minimum absolute atomic E-state index is 0.254. The van der Waals surface area contributed by atoms with Crippen molar-refractivity contribution in [1.82, 2.24) is 14.8 Å². The van der Waals surface area contributed by atoms with Crippen molar-refractivity contribution < 1.29 is 14.3 Å². The van der Waals surface area contributed by atoms with E-state index in [1.807, 2.05) is 0 Å². The van der Waals surface area contributed by atoms with E-state index >= 15 is 0 Å². The summed E-state index contributed by atoms with van der Waals surface area (Å²) in [4.78, 5) is 11.6. The number of hydrogen-bond acceptors (Lipinski definition) is 5. The van der Waals surface area contributed by atoms with E-state index < -0.39 is 17.8 Å². The Kier molecular flexibility index (Phi) is 2.76. The molecule has 19 heavy (non-hydrogen) atoms. The van der Waals surface area contributed by atoms with Gasteiger partial charge in [0.15, 0.2) is 11.3 Å². The first-order valence-corrected chi connectivity index (χ1v) is 6.22. The second kappa shape index (κ2) is 4.32. The molecule has 1 aliphatic rings. The van der Waals surface area contributed by atoms with Crippen LogP contribution in [-0.4, -0.2) is 25.8 Å². The second-order valence-electron chi connectivity index (χ2n) is 4.09. The summed E-state index contributed by atoms with van der Waals surface area (Å²) in [7, 11) is 1.75. The van der Waals surface area contributed by atoms with Crippen molar-refractivity contribution in [2.75, 3.05) is 5.32 Å². The standard InChI is InChI=1S/C11H9FN4O2S/c1-16-4-13-15-11(16)19-8-3-7-5(2-6(8)12)9(17)10(18)14-7/h2-4,9,17H,1H3,(H,14,18). The van der Waals surface area contributed by atoms with E-state index in [0.29, 0.717) is 15.7 Å². The number of carbonyl (C=O) groups is 1. The Morgan fingerprint density at radius 2 is 2.32 bits per heavy atom. The van der Waals surface area contributed by atoms with Gasteiger partial charge >= 0.3 is 0 Å². The van der Waals surface area contributed by atoms with E-state index in [4.69, 9.17) is 0 Å². The van der Waals surface area contributed by atoms with Gasteiger partial charge in [-0.05, 0) is 23.9 Å². The van der Waals surface area contributed by atoms with Crippen LogP contribution in [0.4, 0.5) is 10.1 Å². The largest absolute Gasteiger partial charge is 0.378 e. The van der Waals surface area contributed by atoms with Gasteiger partial charge in [-0.25, -0.2) is 4.39 Å². The Morgan fingerprint density at radius 1 is 1.53 bits per heavy atom. The predicted molar refractivity (Wildman–Crippen MR) is 65.1 cm³/mol. The summed E-state index contributed by atoms with van der Waals surface area (Å²) >= 11 is 1.10. The molecule has 0 fully saturated rings. The van der Waals surface area contributed by atoms with Gasteiger partial charge in [-0.15, -0.1) is 10.2 Å². The summed E-state index contributed by atoms with van der Waals surface area (Å²) < 4.78 is 15.6. The van der Waals surface area contributed by atoms with Crippen LogP contribution in [0.1, 0.15) is 11.7 Å². The van der Waals surface area contributed by atoms with Crippen LogP contribution in [-0.2, 0) is 11.8 Å². The van der Waals surface area contributed by atoms with Crippen molar-refractivity contribution in [2.24, 2.45) is 7.05 Å². The van der Waals surface area contributed by atoms with E-state index in [1.165, 1.54) is 12.4 Å². The van der Waals surface area contributed by atoms with E-state index in [2.05, 4.69) is 15.5 Å². The van der Waals surface area contributed by atoms with Crippen LogP contribution in [0, 0.1) is 5.82 Å². The fraction of sp³-hybridized carbons (Fsp3) is 0.182. The lowest BCUT2D eigenvalue weighted by molar-refractivity contribution is -0.123. The van der Waals surface area contributed by atoms with E-state index in [0.717, 1.165) is 17.8 Å². The summed E-state index contributed by atoms with van der Waals surface area (Å²) in [5.41, 5.74) is 0.674. The molecule has 2 N–H and O–H groups in total. The lowest BCUT2D eigenvalue weighted by Gasteiger charge is -2.06. The average molecular weight is 280 g/mol. The van der Waals surface area contributed by atoms with Crippen LogP contribution in [0.3, 0.4) is 0 Å². The molecule has 0 saturated carbocycles. The van der Waals surface area contributed by atoms with Crippen molar-refractivity contribution >= 4 is 23.4 Å². The highest BCUT2D eigenvalue weighted by molar-refractivity contribution is 7.99. The highest BCUT2D eigenvalue weighted by atomic mass is 32.2. The fourth-order valence-corrected chi connectivity index (χ4v) is 2.60. The Labute approximate surface area is 111 Å². The number of amides is 1. The quantitative estimate of drug-likeness (QED) is 0.860.